The first-order chi connectivity index (χ1) is 8.54. The van der Waals surface area contributed by atoms with Crippen LogP contribution in [-0.2, 0) is 6.54 Å². The maximum absolute atomic E-state index is 8.83. The number of benzene rings is 1. The molecule has 4 nitrogen and oxygen atoms in total. The van der Waals surface area contributed by atoms with Gasteiger partial charge in [0.05, 0.1) is 0 Å². The summed E-state index contributed by atoms with van der Waals surface area (Å²) in [5.74, 6) is 0.183. The van der Waals surface area contributed by atoms with Gasteiger partial charge in [-0.1, -0.05) is 29.4 Å². The van der Waals surface area contributed by atoms with E-state index in [0.717, 1.165) is 24.2 Å². The highest BCUT2D eigenvalue weighted by Gasteiger charge is 2.31. The standard InChI is InChI=1S/C14H21N3O/c1-14(2)8-5-9-17(14)10-11-6-3-4-7-12(11)13(15)16-18/h3-4,6-7,18H,5,8-10H2,1-2H3,(H2,15,16). The second-order valence-corrected chi connectivity index (χ2v) is 5.48. The van der Waals surface area contributed by atoms with Gasteiger partial charge in [0.25, 0.3) is 0 Å². The molecular weight excluding hydrogens is 226 g/mol. The zero-order chi connectivity index (χ0) is 13.2. The van der Waals surface area contributed by atoms with E-state index in [4.69, 9.17) is 10.9 Å². The van der Waals surface area contributed by atoms with Gasteiger partial charge in [-0.05, 0) is 38.8 Å². The Morgan fingerprint density at radius 3 is 2.78 bits per heavy atom. The number of rotatable bonds is 3. The first-order valence-corrected chi connectivity index (χ1v) is 6.35. The van der Waals surface area contributed by atoms with Crippen LogP contribution < -0.4 is 5.73 Å². The summed E-state index contributed by atoms with van der Waals surface area (Å²) < 4.78 is 0. The van der Waals surface area contributed by atoms with Crippen molar-refractivity contribution in [3.05, 3.63) is 35.4 Å². The van der Waals surface area contributed by atoms with Crippen molar-refractivity contribution in [2.24, 2.45) is 10.9 Å². The molecule has 1 aliphatic heterocycles. The van der Waals surface area contributed by atoms with Crippen LogP contribution in [-0.4, -0.2) is 28.0 Å². The molecule has 0 unspecified atom stereocenters. The van der Waals surface area contributed by atoms with Gasteiger partial charge < -0.3 is 10.9 Å². The Kier molecular flexibility index (Phi) is 3.57. The molecule has 0 aliphatic carbocycles. The van der Waals surface area contributed by atoms with Crippen molar-refractivity contribution in [1.29, 1.82) is 0 Å². The van der Waals surface area contributed by atoms with Gasteiger partial charge in [0, 0.05) is 17.6 Å². The van der Waals surface area contributed by atoms with E-state index in [0.29, 0.717) is 0 Å². The summed E-state index contributed by atoms with van der Waals surface area (Å²) in [6.07, 6.45) is 2.46. The number of likely N-dealkylation sites (tertiary alicyclic amines) is 1. The number of hydrogen-bond acceptors (Lipinski definition) is 3. The minimum atomic E-state index is 0.183. The van der Waals surface area contributed by atoms with Crippen molar-refractivity contribution in [2.75, 3.05) is 6.54 Å². The molecule has 2 rings (SSSR count). The third-order valence-electron chi connectivity index (χ3n) is 3.83. The van der Waals surface area contributed by atoms with Crippen molar-refractivity contribution in [1.82, 2.24) is 4.90 Å². The normalized spacial score (nSPS) is 20.2. The summed E-state index contributed by atoms with van der Waals surface area (Å²) >= 11 is 0. The van der Waals surface area contributed by atoms with Crippen LogP contribution in [0.4, 0.5) is 0 Å². The molecule has 0 aromatic heterocycles. The van der Waals surface area contributed by atoms with Crippen molar-refractivity contribution in [3.63, 3.8) is 0 Å². The molecule has 1 aromatic rings. The lowest BCUT2D eigenvalue weighted by molar-refractivity contribution is 0.166. The largest absolute Gasteiger partial charge is 0.409 e. The van der Waals surface area contributed by atoms with Gasteiger partial charge in [-0.25, -0.2) is 0 Å². The number of nitrogens with zero attached hydrogens (tertiary/aromatic N) is 2. The zero-order valence-electron chi connectivity index (χ0n) is 11.1. The van der Waals surface area contributed by atoms with Crippen LogP contribution in [0.5, 0.6) is 0 Å². The Morgan fingerprint density at radius 2 is 2.17 bits per heavy atom. The van der Waals surface area contributed by atoms with Crippen molar-refractivity contribution in [3.8, 4) is 0 Å². The van der Waals surface area contributed by atoms with Crippen molar-refractivity contribution in [2.45, 2.75) is 38.8 Å². The van der Waals surface area contributed by atoms with Crippen LogP contribution >= 0.6 is 0 Å². The van der Waals surface area contributed by atoms with E-state index in [9.17, 15) is 0 Å². The van der Waals surface area contributed by atoms with Gasteiger partial charge in [-0.2, -0.15) is 0 Å². The second-order valence-electron chi connectivity index (χ2n) is 5.48. The van der Waals surface area contributed by atoms with Gasteiger partial charge >= 0.3 is 0 Å². The third-order valence-corrected chi connectivity index (χ3v) is 3.83. The highest BCUT2D eigenvalue weighted by Crippen LogP contribution is 2.30. The van der Waals surface area contributed by atoms with Crippen molar-refractivity contribution >= 4 is 5.84 Å². The SMILES string of the molecule is CC1(C)CCCN1Cc1ccccc1C(N)=NO. The molecule has 1 fully saturated rings. The maximum atomic E-state index is 8.83. The molecule has 1 aliphatic rings. The summed E-state index contributed by atoms with van der Waals surface area (Å²) in [7, 11) is 0. The van der Waals surface area contributed by atoms with E-state index < -0.39 is 0 Å². The lowest BCUT2D eigenvalue weighted by Crippen LogP contribution is -2.38. The number of amidine groups is 1. The molecule has 1 heterocycles. The number of oxime groups is 1. The summed E-state index contributed by atoms with van der Waals surface area (Å²) in [5.41, 5.74) is 7.89. The lowest BCUT2D eigenvalue weighted by Gasteiger charge is -2.32. The van der Waals surface area contributed by atoms with E-state index in [1.54, 1.807) is 0 Å². The van der Waals surface area contributed by atoms with E-state index in [-0.39, 0.29) is 11.4 Å². The summed E-state index contributed by atoms with van der Waals surface area (Å²) in [6.45, 7) is 6.50. The zero-order valence-corrected chi connectivity index (χ0v) is 11.1. The molecule has 0 atom stereocenters. The molecule has 18 heavy (non-hydrogen) atoms. The molecule has 4 heteroatoms. The first kappa shape index (κ1) is 12.9. The molecule has 3 N–H and O–H groups in total. The summed E-state index contributed by atoms with van der Waals surface area (Å²) in [6, 6.07) is 7.84. The topological polar surface area (TPSA) is 61.8 Å². The maximum Gasteiger partial charge on any atom is 0.170 e. The Balaban J connectivity index is 2.24. The average molecular weight is 247 g/mol. The summed E-state index contributed by atoms with van der Waals surface area (Å²) in [4.78, 5) is 2.45. The van der Waals surface area contributed by atoms with Gasteiger partial charge in [0.1, 0.15) is 0 Å². The Hall–Kier alpha value is -1.55. The fraction of sp³-hybridized carbons (Fsp3) is 0.500. The van der Waals surface area contributed by atoms with Crippen LogP contribution in [0, 0.1) is 0 Å². The highest BCUT2D eigenvalue weighted by molar-refractivity contribution is 5.98. The molecular formula is C14H21N3O. The van der Waals surface area contributed by atoms with Gasteiger partial charge in [0.15, 0.2) is 5.84 Å². The van der Waals surface area contributed by atoms with Gasteiger partial charge in [0.2, 0.25) is 0 Å². The van der Waals surface area contributed by atoms with E-state index in [2.05, 4.69) is 23.9 Å². The van der Waals surface area contributed by atoms with Crippen LogP contribution in [0.25, 0.3) is 0 Å². The monoisotopic (exact) mass is 247 g/mol. The minimum absolute atomic E-state index is 0.183. The Bertz CT molecular complexity index is 454. The van der Waals surface area contributed by atoms with Gasteiger partial charge in [-0.15, -0.1) is 0 Å². The minimum Gasteiger partial charge on any atom is -0.409 e. The van der Waals surface area contributed by atoms with Crippen LogP contribution in [0.15, 0.2) is 29.4 Å². The molecule has 0 bridgehead atoms. The molecule has 1 saturated heterocycles. The fourth-order valence-electron chi connectivity index (χ4n) is 2.62. The Labute approximate surface area is 108 Å². The predicted octanol–water partition coefficient (Wildman–Crippen LogP) is 2.16. The molecule has 98 valence electrons. The molecule has 0 radical (unpaired) electrons. The van der Waals surface area contributed by atoms with Gasteiger partial charge in [-0.3, -0.25) is 4.90 Å². The fourth-order valence-corrected chi connectivity index (χ4v) is 2.62. The number of nitrogens with two attached hydrogens (primary N) is 1. The quantitative estimate of drug-likeness (QED) is 0.372. The van der Waals surface area contributed by atoms with Crippen LogP contribution in [0.1, 0.15) is 37.8 Å². The molecule has 0 saturated carbocycles. The predicted molar refractivity (Wildman–Crippen MR) is 72.7 cm³/mol. The third kappa shape index (κ3) is 2.48. The van der Waals surface area contributed by atoms with Crippen molar-refractivity contribution < 1.29 is 5.21 Å². The van der Waals surface area contributed by atoms with E-state index >= 15 is 0 Å². The lowest BCUT2D eigenvalue weighted by atomic mass is 10.0. The Morgan fingerprint density at radius 1 is 1.44 bits per heavy atom. The highest BCUT2D eigenvalue weighted by atomic mass is 16.4. The first-order valence-electron chi connectivity index (χ1n) is 6.35. The van der Waals surface area contributed by atoms with Crippen LogP contribution in [0.3, 0.4) is 0 Å². The molecule has 1 aromatic carbocycles. The van der Waals surface area contributed by atoms with Crippen LogP contribution in [0.2, 0.25) is 0 Å². The van der Waals surface area contributed by atoms with E-state index in [1.807, 2.05) is 24.3 Å². The average Bonchev–Trinajstić information content (AvgIpc) is 2.68. The summed E-state index contributed by atoms with van der Waals surface area (Å²) in [5, 5.41) is 11.9. The molecule has 0 spiro atoms. The van der Waals surface area contributed by atoms with E-state index in [1.165, 1.54) is 12.8 Å². The smallest absolute Gasteiger partial charge is 0.170 e. The number of hydrogen-bond donors (Lipinski definition) is 2. The molecule has 0 amide bonds. The second kappa shape index (κ2) is 4.98.